The molecule has 0 atom stereocenters. The van der Waals surface area contributed by atoms with Gasteiger partial charge in [0.2, 0.25) is 5.91 Å². The van der Waals surface area contributed by atoms with Gasteiger partial charge in [0.1, 0.15) is 0 Å². The summed E-state index contributed by atoms with van der Waals surface area (Å²) in [6.45, 7) is 0.664. The van der Waals surface area contributed by atoms with Crippen molar-refractivity contribution in [2.45, 2.75) is 13.0 Å². The van der Waals surface area contributed by atoms with Crippen LogP contribution in [0.2, 0.25) is 0 Å². The summed E-state index contributed by atoms with van der Waals surface area (Å²) in [5.74, 6) is 0.00312. The molecule has 20 heavy (non-hydrogen) atoms. The highest BCUT2D eigenvalue weighted by Crippen LogP contribution is 2.17. The average molecular weight is 334 g/mol. The van der Waals surface area contributed by atoms with Crippen LogP contribution in [0.25, 0.3) is 0 Å². The van der Waals surface area contributed by atoms with E-state index in [1.54, 1.807) is 13.2 Å². The number of para-hydroxylation sites is 1. The second kappa shape index (κ2) is 7.05. The zero-order chi connectivity index (χ0) is 14.4. The molecule has 0 aliphatic carbocycles. The lowest BCUT2D eigenvalue weighted by molar-refractivity contribution is -0.119. The molecule has 5 heteroatoms. The quantitative estimate of drug-likeness (QED) is 0.884. The van der Waals surface area contributed by atoms with E-state index in [0.717, 1.165) is 21.3 Å². The fourth-order valence-electron chi connectivity index (χ4n) is 1.86. The summed E-state index contributed by atoms with van der Waals surface area (Å²) in [5, 5.41) is 5.98. The number of likely N-dealkylation sites (N-methyl/N-ethyl adjacent to an activating group) is 1. The predicted octanol–water partition coefficient (Wildman–Crippen LogP) is 2.74. The maximum Gasteiger partial charge on any atom is 0.224 e. The van der Waals surface area contributed by atoms with Crippen molar-refractivity contribution in [1.29, 1.82) is 0 Å². The summed E-state index contributed by atoms with van der Waals surface area (Å²) < 4.78 is 0.954. The van der Waals surface area contributed by atoms with E-state index < -0.39 is 0 Å². The first-order valence-corrected chi connectivity index (χ1v) is 7.10. The molecule has 0 saturated heterocycles. The van der Waals surface area contributed by atoms with Crippen molar-refractivity contribution in [1.82, 2.24) is 10.3 Å². The predicted molar refractivity (Wildman–Crippen MR) is 83.5 cm³/mol. The monoisotopic (exact) mass is 333 g/mol. The third kappa shape index (κ3) is 4.06. The Bertz CT molecular complexity index is 601. The molecule has 2 aromatic rings. The maximum absolute atomic E-state index is 11.5. The van der Waals surface area contributed by atoms with Crippen LogP contribution in [0.1, 0.15) is 11.1 Å². The number of amides is 1. The lowest BCUT2D eigenvalue weighted by Gasteiger charge is -2.11. The molecule has 4 nitrogen and oxygen atoms in total. The van der Waals surface area contributed by atoms with Crippen LogP contribution in [0.4, 0.5) is 5.69 Å². The van der Waals surface area contributed by atoms with Gasteiger partial charge < -0.3 is 10.6 Å². The molecule has 0 aliphatic heterocycles. The molecule has 0 saturated carbocycles. The first kappa shape index (κ1) is 14.5. The third-order valence-electron chi connectivity index (χ3n) is 2.89. The average Bonchev–Trinajstić information content (AvgIpc) is 2.46. The maximum atomic E-state index is 11.5. The molecule has 2 N–H and O–H groups in total. The molecule has 0 aliphatic rings. The topological polar surface area (TPSA) is 54.0 Å². The summed E-state index contributed by atoms with van der Waals surface area (Å²) in [4.78, 5) is 15.6. The minimum atomic E-state index is 0.00312. The Labute approximate surface area is 126 Å². The third-order valence-corrected chi connectivity index (χ3v) is 3.33. The summed E-state index contributed by atoms with van der Waals surface area (Å²) >= 11 is 3.40. The first-order valence-electron chi connectivity index (χ1n) is 6.31. The highest BCUT2D eigenvalue weighted by Gasteiger charge is 2.06. The lowest BCUT2D eigenvalue weighted by atomic mass is 10.1. The van der Waals surface area contributed by atoms with Crippen LogP contribution in [0.15, 0.2) is 47.2 Å². The van der Waals surface area contributed by atoms with Gasteiger partial charge in [0.05, 0.1) is 6.42 Å². The minimum absolute atomic E-state index is 0.00312. The molecule has 104 valence electrons. The number of anilines is 1. The number of carbonyl (C=O) groups is 1. The molecule has 1 heterocycles. The number of hydrogen-bond donors (Lipinski definition) is 2. The number of rotatable bonds is 5. The molecule has 1 amide bonds. The van der Waals surface area contributed by atoms with Crippen molar-refractivity contribution in [2.75, 3.05) is 12.4 Å². The van der Waals surface area contributed by atoms with E-state index in [4.69, 9.17) is 0 Å². The number of hydrogen-bond acceptors (Lipinski definition) is 3. The van der Waals surface area contributed by atoms with Gasteiger partial charge >= 0.3 is 0 Å². The van der Waals surface area contributed by atoms with Crippen molar-refractivity contribution in [2.24, 2.45) is 0 Å². The SMILES string of the molecule is CNC(=O)Cc1ccccc1NCc1cncc(Br)c1. The minimum Gasteiger partial charge on any atom is -0.381 e. The molecule has 1 aromatic carbocycles. The van der Waals surface area contributed by atoms with Gasteiger partial charge in [0.15, 0.2) is 0 Å². The number of halogens is 1. The number of aromatic nitrogens is 1. The van der Waals surface area contributed by atoms with Crippen molar-refractivity contribution < 1.29 is 4.79 Å². The van der Waals surface area contributed by atoms with Gasteiger partial charge in [-0.1, -0.05) is 18.2 Å². The van der Waals surface area contributed by atoms with Crippen molar-refractivity contribution in [3.8, 4) is 0 Å². The van der Waals surface area contributed by atoms with Crippen LogP contribution in [0.3, 0.4) is 0 Å². The number of benzene rings is 1. The van der Waals surface area contributed by atoms with E-state index in [1.807, 2.05) is 36.5 Å². The second-order valence-electron chi connectivity index (χ2n) is 4.37. The van der Waals surface area contributed by atoms with E-state index in [1.165, 1.54) is 0 Å². The molecule has 2 rings (SSSR count). The number of nitrogens with zero attached hydrogens (tertiary/aromatic N) is 1. The van der Waals surface area contributed by atoms with Crippen LogP contribution in [-0.4, -0.2) is 17.9 Å². The molecule has 0 unspecified atom stereocenters. The standard InChI is InChI=1S/C15H16BrN3O/c1-17-15(20)7-12-4-2-3-5-14(12)19-9-11-6-13(16)10-18-8-11/h2-6,8,10,19H,7,9H2,1H3,(H,17,20). The largest absolute Gasteiger partial charge is 0.381 e. The molecule has 0 bridgehead atoms. The molecule has 0 fully saturated rings. The Morgan fingerprint density at radius 3 is 2.85 bits per heavy atom. The fourth-order valence-corrected chi connectivity index (χ4v) is 2.27. The number of pyridine rings is 1. The smallest absolute Gasteiger partial charge is 0.224 e. The zero-order valence-electron chi connectivity index (χ0n) is 11.2. The molecular formula is C15H16BrN3O. The van der Waals surface area contributed by atoms with E-state index in [-0.39, 0.29) is 5.91 Å². The van der Waals surface area contributed by atoms with Crippen LogP contribution < -0.4 is 10.6 Å². The van der Waals surface area contributed by atoms with Gasteiger partial charge in [-0.2, -0.15) is 0 Å². The van der Waals surface area contributed by atoms with Crippen LogP contribution in [0, 0.1) is 0 Å². The molecule has 0 radical (unpaired) electrons. The Hall–Kier alpha value is -1.88. The van der Waals surface area contributed by atoms with E-state index in [9.17, 15) is 4.79 Å². The lowest BCUT2D eigenvalue weighted by Crippen LogP contribution is -2.20. The van der Waals surface area contributed by atoms with Crippen LogP contribution in [0.5, 0.6) is 0 Å². The summed E-state index contributed by atoms with van der Waals surface area (Å²) in [5.41, 5.74) is 3.03. The Kier molecular flexibility index (Phi) is 5.12. The van der Waals surface area contributed by atoms with Gasteiger partial charge in [-0.15, -0.1) is 0 Å². The van der Waals surface area contributed by atoms with Crippen molar-refractivity contribution in [3.63, 3.8) is 0 Å². The normalized spacial score (nSPS) is 10.1. The zero-order valence-corrected chi connectivity index (χ0v) is 12.8. The summed E-state index contributed by atoms with van der Waals surface area (Å²) in [7, 11) is 1.64. The highest BCUT2D eigenvalue weighted by atomic mass is 79.9. The number of nitrogens with one attached hydrogen (secondary N) is 2. The van der Waals surface area contributed by atoms with Crippen LogP contribution in [-0.2, 0) is 17.8 Å². The molecule has 0 spiro atoms. The van der Waals surface area contributed by atoms with Crippen LogP contribution >= 0.6 is 15.9 Å². The summed E-state index contributed by atoms with van der Waals surface area (Å²) in [6.07, 6.45) is 3.94. The first-order chi connectivity index (χ1) is 9.69. The van der Waals surface area contributed by atoms with Crippen molar-refractivity contribution >= 4 is 27.5 Å². The second-order valence-corrected chi connectivity index (χ2v) is 5.29. The van der Waals surface area contributed by atoms with Gasteiger partial charge in [-0.05, 0) is 39.2 Å². The molecule has 1 aromatic heterocycles. The summed E-state index contributed by atoms with van der Waals surface area (Å²) in [6, 6.07) is 9.83. The van der Waals surface area contributed by atoms with E-state index >= 15 is 0 Å². The van der Waals surface area contributed by atoms with Gasteiger partial charge in [-0.25, -0.2) is 0 Å². The van der Waals surface area contributed by atoms with E-state index in [2.05, 4.69) is 31.5 Å². The van der Waals surface area contributed by atoms with Gasteiger partial charge in [0.25, 0.3) is 0 Å². The Morgan fingerprint density at radius 1 is 1.30 bits per heavy atom. The number of carbonyl (C=O) groups excluding carboxylic acids is 1. The van der Waals surface area contributed by atoms with Gasteiger partial charge in [0, 0.05) is 36.1 Å². The molecular weight excluding hydrogens is 318 g/mol. The fraction of sp³-hybridized carbons (Fsp3) is 0.200. The Balaban J connectivity index is 2.07. The van der Waals surface area contributed by atoms with E-state index in [0.29, 0.717) is 13.0 Å². The van der Waals surface area contributed by atoms with Crippen molar-refractivity contribution in [3.05, 3.63) is 58.3 Å². The Morgan fingerprint density at radius 2 is 2.10 bits per heavy atom. The van der Waals surface area contributed by atoms with Gasteiger partial charge in [-0.3, -0.25) is 9.78 Å². The highest BCUT2D eigenvalue weighted by molar-refractivity contribution is 9.10.